The number of carbonyl (C=O) groups excluding carboxylic acids is 2. The van der Waals surface area contributed by atoms with Crippen LogP contribution in [0.25, 0.3) is 0 Å². The van der Waals surface area contributed by atoms with Gasteiger partial charge < -0.3 is 24.6 Å². The number of aryl methyl sites for hydroxylation is 1. The quantitative estimate of drug-likeness (QED) is 0.500. The normalized spacial score (nSPS) is 16.4. The Morgan fingerprint density at radius 1 is 1.18 bits per heavy atom. The van der Waals surface area contributed by atoms with Gasteiger partial charge >= 0.3 is 5.97 Å². The molecule has 0 aliphatic heterocycles. The van der Waals surface area contributed by atoms with Crippen molar-refractivity contribution in [3.63, 3.8) is 0 Å². The summed E-state index contributed by atoms with van der Waals surface area (Å²) in [7, 11) is 1.37. The largest absolute Gasteiger partial charge is 0.503 e. The van der Waals surface area contributed by atoms with E-state index in [0.717, 1.165) is 31.2 Å². The number of aromatic nitrogens is 1. The van der Waals surface area contributed by atoms with Crippen LogP contribution in [0.4, 0.5) is 0 Å². The summed E-state index contributed by atoms with van der Waals surface area (Å²) < 4.78 is 17.0. The van der Waals surface area contributed by atoms with E-state index in [9.17, 15) is 14.7 Å². The number of hydrogen-bond acceptors (Lipinski definition) is 7. The molecule has 0 bridgehead atoms. The predicted octanol–water partition coefficient (Wildman–Crippen LogP) is 4.45. The maximum Gasteiger partial charge on any atom is 0.328 e. The van der Waals surface area contributed by atoms with Gasteiger partial charge in [0.15, 0.2) is 17.2 Å². The Kier molecular flexibility index (Phi) is 8.61. The van der Waals surface area contributed by atoms with Crippen molar-refractivity contribution >= 4 is 23.5 Å². The number of benzene rings is 1. The number of nitrogens with one attached hydrogen (secondary N) is 1. The van der Waals surface area contributed by atoms with Gasteiger partial charge in [0.1, 0.15) is 24.0 Å². The standard InChI is InChI=1S/C25H31ClN2O6/c1-14-9-10-19(18(26)13-14)34-23(17-7-5-6-8-17)16(3)33-25(31)15(2)28-24(30)21-22(29)20(32-4)11-12-27-21/h9-13,15-17,23,29H,5-8H2,1-4H3,(H,28,30)/t15-,16-,23-/m0/s1. The Hall–Kier alpha value is -3.00. The van der Waals surface area contributed by atoms with Crippen LogP contribution in [0.15, 0.2) is 30.5 Å². The van der Waals surface area contributed by atoms with Gasteiger partial charge in [-0.05, 0) is 57.2 Å². The van der Waals surface area contributed by atoms with Crippen LogP contribution >= 0.6 is 11.6 Å². The first-order valence-corrected chi connectivity index (χ1v) is 11.7. The summed E-state index contributed by atoms with van der Waals surface area (Å²) in [4.78, 5) is 29.2. The Morgan fingerprint density at radius 2 is 1.88 bits per heavy atom. The lowest BCUT2D eigenvalue weighted by Gasteiger charge is -2.31. The van der Waals surface area contributed by atoms with E-state index in [1.165, 1.54) is 26.3 Å². The second-order valence-corrected chi connectivity index (χ2v) is 9.02. The molecule has 2 N–H and O–H groups in total. The minimum atomic E-state index is -0.977. The van der Waals surface area contributed by atoms with E-state index < -0.39 is 29.8 Å². The molecule has 1 aliphatic carbocycles. The summed E-state index contributed by atoms with van der Waals surface area (Å²) in [5.41, 5.74) is 0.781. The molecule has 3 atom stereocenters. The molecule has 184 valence electrons. The molecule has 0 unspecified atom stereocenters. The average molecular weight is 491 g/mol. The molecule has 0 radical (unpaired) electrons. The van der Waals surface area contributed by atoms with Gasteiger partial charge in [-0.15, -0.1) is 0 Å². The molecule has 8 nitrogen and oxygen atoms in total. The molecule has 9 heteroatoms. The fourth-order valence-electron chi connectivity index (χ4n) is 4.15. The number of amides is 1. The highest BCUT2D eigenvalue weighted by molar-refractivity contribution is 6.32. The number of hydrogen-bond donors (Lipinski definition) is 2. The van der Waals surface area contributed by atoms with E-state index in [2.05, 4.69) is 10.3 Å². The zero-order chi connectivity index (χ0) is 24.8. The van der Waals surface area contributed by atoms with E-state index in [1.54, 1.807) is 6.92 Å². The van der Waals surface area contributed by atoms with Crippen LogP contribution in [0.1, 0.15) is 55.6 Å². The van der Waals surface area contributed by atoms with E-state index >= 15 is 0 Å². The fraction of sp³-hybridized carbons (Fsp3) is 0.480. The summed E-state index contributed by atoms with van der Waals surface area (Å²) in [6.45, 7) is 5.24. The van der Waals surface area contributed by atoms with Crippen molar-refractivity contribution in [2.75, 3.05) is 7.11 Å². The Labute approximate surface area is 204 Å². The predicted molar refractivity (Wildman–Crippen MR) is 127 cm³/mol. The summed E-state index contributed by atoms with van der Waals surface area (Å²) in [6.07, 6.45) is 4.52. The molecule has 0 spiro atoms. The lowest BCUT2D eigenvalue weighted by molar-refractivity contribution is -0.156. The average Bonchev–Trinajstić information content (AvgIpc) is 3.33. The molecule has 1 amide bonds. The summed E-state index contributed by atoms with van der Waals surface area (Å²) >= 11 is 6.38. The molecular weight excluding hydrogens is 460 g/mol. The lowest BCUT2D eigenvalue weighted by atomic mass is 9.96. The number of ether oxygens (including phenoxy) is 3. The molecule has 1 fully saturated rings. The maximum absolute atomic E-state index is 12.8. The third-order valence-electron chi connectivity index (χ3n) is 6.00. The minimum Gasteiger partial charge on any atom is -0.503 e. The highest BCUT2D eigenvalue weighted by Crippen LogP contribution is 2.35. The van der Waals surface area contributed by atoms with Gasteiger partial charge in [-0.25, -0.2) is 9.78 Å². The van der Waals surface area contributed by atoms with Crippen molar-refractivity contribution < 1.29 is 28.9 Å². The van der Waals surface area contributed by atoms with Gasteiger partial charge in [0.05, 0.1) is 12.1 Å². The molecule has 0 saturated heterocycles. The Morgan fingerprint density at radius 3 is 2.53 bits per heavy atom. The number of halogens is 1. The van der Waals surface area contributed by atoms with E-state index in [1.807, 2.05) is 25.1 Å². The van der Waals surface area contributed by atoms with Crippen LogP contribution in [-0.4, -0.2) is 47.3 Å². The van der Waals surface area contributed by atoms with Crippen molar-refractivity contribution in [1.82, 2.24) is 10.3 Å². The molecule has 1 aromatic heterocycles. The van der Waals surface area contributed by atoms with Gasteiger partial charge in [0.25, 0.3) is 5.91 Å². The Bertz CT molecular complexity index is 1020. The highest BCUT2D eigenvalue weighted by atomic mass is 35.5. The zero-order valence-corrected chi connectivity index (χ0v) is 20.6. The first-order chi connectivity index (χ1) is 16.2. The first-order valence-electron chi connectivity index (χ1n) is 11.4. The lowest BCUT2D eigenvalue weighted by Crippen LogP contribution is -2.45. The van der Waals surface area contributed by atoms with Crippen molar-refractivity contribution in [1.29, 1.82) is 0 Å². The van der Waals surface area contributed by atoms with Crippen LogP contribution in [-0.2, 0) is 9.53 Å². The summed E-state index contributed by atoms with van der Waals surface area (Å²) in [5, 5.41) is 13.2. The molecular formula is C25H31ClN2O6. The molecule has 34 heavy (non-hydrogen) atoms. The molecule has 2 aromatic rings. The van der Waals surface area contributed by atoms with Gasteiger partial charge in [-0.1, -0.05) is 30.5 Å². The SMILES string of the molecule is COc1ccnc(C(=O)N[C@@H](C)C(=O)O[C@@H](C)[C@H](Oc2ccc(C)cc2Cl)C2CCCC2)c1O. The maximum atomic E-state index is 12.8. The van der Waals surface area contributed by atoms with E-state index in [-0.39, 0.29) is 23.5 Å². The minimum absolute atomic E-state index is 0.107. The zero-order valence-electron chi connectivity index (χ0n) is 19.8. The Balaban J connectivity index is 1.67. The molecule has 1 aromatic carbocycles. The van der Waals surface area contributed by atoms with Crippen LogP contribution in [0, 0.1) is 12.8 Å². The van der Waals surface area contributed by atoms with Crippen molar-refractivity contribution in [3.8, 4) is 17.2 Å². The van der Waals surface area contributed by atoms with Crippen LogP contribution in [0.2, 0.25) is 5.02 Å². The number of aromatic hydroxyl groups is 1. The summed E-state index contributed by atoms with van der Waals surface area (Å²) in [5.74, 6) is -0.860. The summed E-state index contributed by atoms with van der Waals surface area (Å²) in [6, 6.07) is 6.02. The second-order valence-electron chi connectivity index (χ2n) is 8.61. The van der Waals surface area contributed by atoms with E-state index in [4.69, 9.17) is 25.8 Å². The second kappa shape index (κ2) is 11.4. The first kappa shape index (κ1) is 25.6. The number of methoxy groups -OCH3 is 1. The third-order valence-corrected chi connectivity index (χ3v) is 6.30. The smallest absolute Gasteiger partial charge is 0.328 e. The fourth-order valence-corrected chi connectivity index (χ4v) is 4.43. The van der Waals surface area contributed by atoms with Gasteiger partial charge in [-0.3, -0.25) is 4.79 Å². The van der Waals surface area contributed by atoms with Crippen molar-refractivity contribution in [2.45, 2.75) is 64.7 Å². The van der Waals surface area contributed by atoms with Gasteiger partial charge in [-0.2, -0.15) is 0 Å². The van der Waals surface area contributed by atoms with Crippen LogP contribution in [0.3, 0.4) is 0 Å². The van der Waals surface area contributed by atoms with Gasteiger partial charge in [0.2, 0.25) is 0 Å². The monoisotopic (exact) mass is 490 g/mol. The van der Waals surface area contributed by atoms with Crippen LogP contribution in [0.5, 0.6) is 17.2 Å². The topological polar surface area (TPSA) is 107 Å². The molecule has 3 rings (SSSR count). The number of nitrogens with zero attached hydrogens (tertiary/aromatic N) is 1. The number of carbonyl (C=O) groups is 2. The van der Waals surface area contributed by atoms with Gasteiger partial charge in [0, 0.05) is 12.3 Å². The molecule has 1 heterocycles. The molecule has 1 saturated carbocycles. The van der Waals surface area contributed by atoms with Crippen molar-refractivity contribution in [2.24, 2.45) is 5.92 Å². The number of pyridine rings is 1. The third kappa shape index (κ3) is 6.11. The van der Waals surface area contributed by atoms with Crippen LogP contribution < -0.4 is 14.8 Å². The van der Waals surface area contributed by atoms with Crippen molar-refractivity contribution in [3.05, 3.63) is 46.7 Å². The highest BCUT2D eigenvalue weighted by Gasteiger charge is 2.35. The number of rotatable bonds is 9. The number of esters is 1. The van der Waals surface area contributed by atoms with E-state index in [0.29, 0.717) is 10.8 Å². The molecule has 1 aliphatic rings.